The maximum atomic E-state index is 11.6. The van der Waals surface area contributed by atoms with Crippen LogP contribution in [0.25, 0.3) is 6.08 Å². The Hall–Kier alpha value is -3.13. The number of nitrogens with zero attached hydrogens (tertiary/aromatic N) is 1. The van der Waals surface area contributed by atoms with Gasteiger partial charge in [0.1, 0.15) is 12.4 Å². The number of hydrogen-bond donors (Lipinski definition) is 1. The van der Waals surface area contributed by atoms with Crippen LogP contribution in [0.3, 0.4) is 0 Å². The molecule has 0 aromatic heterocycles. The van der Waals surface area contributed by atoms with Crippen molar-refractivity contribution in [2.24, 2.45) is 0 Å². The predicted octanol–water partition coefficient (Wildman–Crippen LogP) is 3.50. The normalized spacial score (nSPS) is 15.3. The molecule has 0 spiro atoms. The summed E-state index contributed by atoms with van der Waals surface area (Å²) >= 11 is 0.838. The zero-order valence-electron chi connectivity index (χ0n) is 12.8. The number of non-ortho nitro benzene ring substituents is 1. The molecule has 2 aromatic carbocycles. The van der Waals surface area contributed by atoms with Crippen LogP contribution in [0.15, 0.2) is 53.4 Å². The number of thioether (sulfide) groups is 1. The van der Waals surface area contributed by atoms with E-state index in [1.807, 2.05) is 0 Å². The van der Waals surface area contributed by atoms with Crippen molar-refractivity contribution in [3.63, 3.8) is 0 Å². The summed E-state index contributed by atoms with van der Waals surface area (Å²) in [6, 6.07) is 13.2. The molecule has 25 heavy (non-hydrogen) atoms. The van der Waals surface area contributed by atoms with E-state index in [0.29, 0.717) is 16.2 Å². The van der Waals surface area contributed by atoms with Crippen LogP contribution >= 0.6 is 11.8 Å². The highest BCUT2D eigenvalue weighted by atomic mass is 32.2. The third-order valence-electron chi connectivity index (χ3n) is 3.39. The topological polar surface area (TPSA) is 98.5 Å². The molecule has 0 bridgehead atoms. The molecule has 1 N–H and O–H groups in total. The molecule has 1 heterocycles. The zero-order chi connectivity index (χ0) is 17.8. The molecule has 3 rings (SSSR count). The summed E-state index contributed by atoms with van der Waals surface area (Å²) in [7, 11) is 0. The lowest BCUT2D eigenvalue weighted by Gasteiger charge is -2.09. The van der Waals surface area contributed by atoms with Crippen molar-refractivity contribution < 1.29 is 19.2 Å². The summed E-state index contributed by atoms with van der Waals surface area (Å²) in [6.07, 6.45) is 1.59. The summed E-state index contributed by atoms with van der Waals surface area (Å²) < 4.78 is 5.76. The zero-order valence-corrected chi connectivity index (χ0v) is 13.6. The molecule has 1 fully saturated rings. The number of hydrogen-bond acceptors (Lipinski definition) is 6. The summed E-state index contributed by atoms with van der Waals surface area (Å²) in [4.78, 5) is 33.4. The second kappa shape index (κ2) is 7.18. The van der Waals surface area contributed by atoms with Gasteiger partial charge < -0.3 is 4.74 Å². The number of ether oxygens (including phenoxy) is 1. The van der Waals surface area contributed by atoms with Crippen LogP contribution in [0, 0.1) is 10.1 Å². The van der Waals surface area contributed by atoms with Crippen LogP contribution < -0.4 is 10.1 Å². The van der Waals surface area contributed by atoms with Crippen LogP contribution in [-0.2, 0) is 11.4 Å². The number of benzene rings is 2. The molecule has 0 aliphatic carbocycles. The minimum Gasteiger partial charge on any atom is -0.488 e. The molecular formula is C17H12N2O5S. The third-order valence-corrected chi connectivity index (χ3v) is 4.20. The van der Waals surface area contributed by atoms with Crippen molar-refractivity contribution in [3.05, 3.63) is 74.7 Å². The first kappa shape index (κ1) is 16.7. The van der Waals surface area contributed by atoms with E-state index in [4.69, 9.17) is 4.74 Å². The minimum atomic E-state index is -0.461. The van der Waals surface area contributed by atoms with Gasteiger partial charge in [-0.3, -0.25) is 25.0 Å². The number of amides is 2. The van der Waals surface area contributed by atoms with Crippen molar-refractivity contribution >= 4 is 34.7 Å². The van der Waals surface area contributed by atoms with Gasteiger partial charge >= 0.3 is 0 Å². The van der Waals surface area contributed by atoms with Crippen molar-refractivity contribution in [2.75, 3.05) is 0 Å². The molecule has 0 radical (unpaired) electrons. The van der Waals surface area contributed by atoms with Crippen molar-refractivity contribution in [1.82, 2.24) is 5.32 Å². The molecule has 2 amide bonds. The number of nitro groups is 1. The van der Waals surface area contributed by atoms with Gasteiger partial charge in [0.25, 0.3) is 16.8 Å². The standard InChI is InChI=1S/C17H12N2O5S/c20-16-15(25-17(21)18-16)9-12-3-1-2-4-14(12)24-10-11-5-7-13(8-6-11)19(22)23/h1-9H,10H2,(H,18,20,21)/b15-9+. The van der Waals surface area contributed by atoms with Crippen LogP contribution in [0.1, 0.15) is 11.1 Å². The van der Waals surface area contributed by atoms with E-state index < -0.39 is 16.1 Å². The average Bonchev–Trinajstić information content (AvgIpc) is 2.91. The summed E-state index contributed by atoms with van der Waals surface area (Å²) in [5, 5.41) is 12.5. The lowest BCUT2D eigenvalue weighted by atomic mass is 10.1. The highest BCUT2D eigenvalue weighted by Crippen LogP contribution is 2.29. The molecular weight excluding hydrogens is 344 g/mol. The fourth-order valence-electron chi connectivity index (χ4n) is 2.17. The Balaban J connectivity index is 1.75. The predicted molar refractivity (Wildman–Crippen MR) is 93.0 cm³/mol. The summed E-state index contributed by atoms with van der Waals surface area (Å²) in [5.41, 5.74) is 1.45. The fraction of sp³-hybridized carbons (Fsp3) is 0.0588. The van der Waals surface area contributed by atoms with Gasteiger partial charge in [-0.1, -0.05) is 18.2 Å². The van der Waals surface area contributed by atoms with Crippen molar-refractivity contribution in [3.8, 4) is 5.75 Å². The SMILES string of the molecule is O=C1NC(=O)/C(=C\c2ccccc2OCc2ccc([N+](=O)[O-])cc2)S1. The number of nitrogens with one attached hydrogen (secondary N) is 1. The Morgan fingerprint density at radius 3 is 2.48 bits per heavy atom. The van der Waals surface area contributed by atoms with Crippen LogP contribution in [0.5, 0.6) is 5.75 Å². The lowest BCUT2D eigenvalue weighted by Crippen LogP contribution is -2.17. The van der Waals surface area contributed by atoms with Crippen molar-refractivity contribution in [1.29, 1.82) is 0 Å². The molecule has 1 aliphatic rings. The van der Waals surface area contributed by atoms with E-state index in [9.17, 15) is 19.7 Å². The van der Waals surface area contributed by atoms with E-state index in [1.54, 1.807) is 42.5 Å². The van der Waals surface area contributed by atoms with Gasteiger partial charge in [0.05, 0.1) is 9.83 Å². The number of carbonyl (C=O) groups excluding carboxylic acids is 2. The number of rotatable bonds is 5. The maximum absolute atomic E-state index is 11.6. The highest BCUT2D eigenvalue weighted by Gasteiger charge is 2.25. The molecule has 2 aromatic rings. The Morgan fingerprint density at radius 2 is 1.84 bits per heavy atom. The van der Waals surface area contributed by atoms with Crippen LogP contribution in [0.2, 0.25) is 0 Å². The highest BCUT2D eigenvalue weighted by molar-refractivity contribution is 8.18. The molecule has 1 aliphatic heterocycles. The molecule has 7 nitrogen and oxygen atoms in total. The Bertz CT molecular complexity index is 877. The number of carbonyl (C=O) groups is 2. The van der Waals surface area contributed by atoms with Gasteiger partial charge in [0.2, 0.25) is 0 Å². The molecule has 1 saturated heterocycles. The molecule has 0 atom stereocenters. The average molecular weight is 356 g/mol. The van der Waals surface area contributed by atoms with Crippen molar-refractivity contribution in [2.45, 2.75) is 6.61 Å². The van der Waals surface area contributed by atoms with Gasteiger partial charge in [0, 0.05) is 17.7 Å². The van der Waals surface area contributed by atoms with Crippen LogP contribution in [0.4, 0.5) is 10.5 Å². The third kappa shape index (κ3) is 4.04. The second-order valence-electron chi connectivity index (χ2n) is 5.10. The quantitative estimate of drug-likeness (QED) is 0.500. The van der Waals surface area contributed by atoms with Gasteiger partial charge in [-0.05, 0) is 41.6 Å². The monoisotopic (exact) mass is 356 g/mol. The van der Waals surface area contributed by atoms with Gasteiger partial charge in [0.15, 0.2) is 0 Å². The van der Waals surface area contributed by atoms with Gasteiger partial charge in [-0.25, -0.2) is 0 Å². The first-order valence-electron chi connectivity index (χ1n) is 7.23. The summed E-state index contributed by atoms with van der Waals surface area (Å²) in [5.74, 6) is 0.112. The fourth-order valence-corrected chi connectivity index (χ4v) is 2.84. The number of imide groups is 1. The minimum absolute atomic E-state index is 0.0165. The second-order valence-corrected chi connectivity index (χ2v) is 6.12. The molecule has 0 saturated carbocycles. The van der Waals surface area contributed by atoms with Crippen LogP contribution in [-0.4, -0.2) is 16.1 Å². The largest absolute Gasteiger partial charge is 0.488 e. The summed E-state index contributed by atoms with van der Waals surface area (Å²) in [6.45, 7) is 0.219. The lowest BCUT2D eigenvalue weighted by molar-refractivity contribution is -0.384. The Labute approximate surface area is 146 Å². The number of para-hydroxylation sites is 1. The number of nitro benzene ring substituents is 1. The van der Waals surface area contributed by atoms with E-state index in [2.05, 4.69) is 5.32 Å². The smallest absolute Gasteiger partial charge is 0.290 e. The van der Waals surface area contributed by atoms with E-state index in [-0.39, 0.29) is 12.3 Å². The Morgan fingerprint density at radius 1 is 1.12 bits per heavy atom. The van der Waals surface area contributed by atoms with E-state index in [1.165, 1.54) is 12.1 Å². The molecule has 8 heteroatoms. The van der Waals surface area contributed by atoms with E-state index in [0.717, 1.165) is 17.3 Å². The first-order chi connectivity index (χ1) is 12.0. The van der Waals surface area contributed by atoms with Gasteiger partial charge in [-0.2, -0.15) is 0 Å². The maximum Gasteiger partial charge on any atom is 0.290 e. The Kier molecular flexibility index (Phi) is 4.80. The first-order valence-corrected chi connectivity index (χ1v) is 8.04. The van der Waals surface area contributed by atoms with E-state index >= 15 is 0 Å². The van der Waals surface area contributed by atoms with Gasteiger partial charge in [-0.15, -0.1) is 0 Å². The molecule has 0 unspecified atom stereocenters. The molecule has 126 valence electrons.